The molecule has 0 radical (unpaired) electrons. The molecule has 0 aromatic heterocycles. The van der Waals surface area contributed by atoms with Gasteiger partial charge >= 0.3 is 0 Å². The maximum Gasteiger partial charge on any atom is 0.126 e. The van der Waals surface area contributed by atoms with E-state index in [1.165, 1.54) is 0 Å². The van der Waals surface area contributed by atoms with E-state index < -0.39 is 0 Å². The lowest BCUT2D eigenvalue weighted by molar-refractivity contribution is 0.414. The maximum atomic E-state index is 5.80. The minimum atomic E-state index is 0. The molecule has 0 aliphatic carbocycles. The molecule has 3 nitrogen and oxygen atoms in total. The average molecular weight is 266 g/mol. The van der Waals surface area contributed by atoms with Gasteiger partial charge in [0.1, 0.15) is 11.5 Å². The van der Waals surface area contributed by atoms with Gasteiger partial charge in [-0.25, -0.2) is 0 Å². The molecule has 2 aromatic carbocycles. The van der Waals surface area contributed by atoms with Crippen LogP contribution in [0.3, 0.4) is 0 Å². The van der Waals surface area contributed by atoms with Gasteiger partial charge in [0.25, 0.3) is 0 Å². The van der Waals surface area contributed by atoms with E-state index in [9.17, 15) is 0 Å². The van der Waals surface area contributed by atoms with Crippen LogP contribution in [0.15, 0.2) is 42.5 Å². The Kier molecular flexibility index (Phi) is 4.86. The zero-order chi connectivity index (χ0) is 12.3. The lowest BCUT2D eigenvalue weighted by Gasteiger charge is -2.10. The van der Waals surface area contributed by atoms with E-state index in [1.807, 2.05) is 42.5 Å². The van der Waals surface area contributed by atoms with Crippen molar-refractivity contribution in [2.24, 2.45) is 0 Å². The van der Waals surface area contributed by atoms with Crippen molar-refractivity contribution >= 4 is 18.1 Å². The third kappa shape index (κ3) is 2.87. The van der Waals surface area contributed by atoms with E-state index in [1.54, 1.807) is 14.2 Å². The molecule has 96 valence electrons. The summed E-state index contributed by atoms with van der Waals surface area (Å²) in [6.45, 7) is 0. The molecule has 0 atom stereocenters. The van der Waals surface area contributed by atoms with E-state index in [2.05, 4.69) is 0 Å². The number of nitrogen functional groups attached to an aromatic ring is 1. The van der Waals surface area contributed by atoms with Crippen LogP contribution in [-0.4, -0.2) is 14.2 Å². The molecule has 2 N–H and O–H groups in total. The van der Waals surface area contributed by atoms with Crippen molar-refractivity contribution < 1.29 is 9.47 Å². The van der Waals surface area contributed by atoms with E-state index in [4.69, 9.17) is 15.2 Å². The van der Waals surface area contributed by atoms with Gasteiger partial charge in [0.2, 0.25) is 0 Å². The summed E-state index contributed by atoms with van der Waals surface area (Å²) in [4.78, 5) is 0. The zero-order valence-corrected chi connectivity index (χ0v) is 11.2. The van der Waals surface area contributed by atoms with Crippen molar-refractivity contribution in [1.82, 2.24) is 0 Å². The summed E-state index contributed by atoms with van der Waals surface area (Å²) in [5.74, 6) is 1.64. The van der Waals surface area contributed by atoms with Crippen molar-refractivity contribution in [2.75, 3.05) is 20.0 Å². The van der Waals surface area contributed by atoms with Crippen LogP contribution < -0.4 is 15.2 Å². The van der Waals surface area contributed by atoms with Crippen LogP contribution in [0.4, 0.5) is 5.69 Å². The first-order valence-corrected chi connectivity index (χ1v) is 5.32. The van der Waals surface area contributed by atoms with Crippen molar-refractivity contribution in [3.05, 3.63) is 42.5 Å². The molecule has 0 fully saturated rings. The minimum absolute atomic E-state index is 0. The molecule has 0 unspecified atom stereocenters. The molecule has 0 aliphatic rings. The molecule has 0 bridgehead atoms. The van der Waals surface area contributed by atoms with Gasteiger partial charge in [0.15, 0.2) is 0 Å². The van der Waals surface area contributed by atoms with Crippen molar-refractivity contribution in [3.63, 3.8) is 0 Å². The van der Waals surface area contributed by atoms with Crippen LogP contribution in [0, 0.1) is 0 Å². The van der Waals surface area contributed by atoms with Crippen LogP contribution >= 0.6 is 12.4 Å². The van der Waals surface area contributed by atoms with Gasteiger partial charge in [-0.15, -0.1) is 12.4 Å². The zero-order valence-electron chi connectivity index (χ0n) is 10.3. The van der Waals surface area contributed by atoms with Gasteiger partial charge in [0.05, 0.1) is 14.2 Å². The van der Waals surface area contributed by atoms with Crippen LogP contribution in [0.1, 0.15) is 0 Å². The predicted octanol–water partition coefficient (Wildman–Crippen LogP) is 3.37. The highest BCUT2D eigenvalue weighted by molar-refractivity contribution is 5.85. The summed E-state index contributed by atoms with van der Waals surface area (Å²) in [6, 6.07) is 13.4. The number of halogens is 1. The Hall–Kier alpha value is -1.87. The second kappa shape index (κ2) is 6.17. The smallest absolute Gasteiger partial charge is 0.126 e. The molecular weight excluding hydrogens is 250 g/mol. The number of hydrogen-bond acceptors (Lipinski definition) is 3. The summed E-state index contributed by atoms with van der Waals surface area (Å²) in [5, 5.41) is 0. The molecule has 0 saturated heterocycles. The lowest BCUT2D eigenvalue weighted by atomic mass is 10.0. The first kappa shape index (κ1) is 14.2. The monoisotopic (exact) mass is 265 g/mol. The fourth-order valence-corrected chi connectivity index (χ4v) is 1.72. The Morgan fingerprint density at radius 3 is 2.11 bits per heavy atom. The van der Waals surface area contributed by atoms with Gasteiger partial charge < -0.3 is 15.2 Å². The minimum Gasteiger partial charge on any atom is -0.497 e. The second-order valence-corrected chi connectivity index (χ2v) is 3.69. The number of hydrogen-bond donors (Lipinski definition) is 1. The van der Waals surface area contributed by atoms with Gasteiger partial charge in [-0.05, 0) is 35.9 Å². The Morgan fingerprint density at radius 1 is 0.889 bits per heavy atom. The maximum absolute atomic E-state index is 5.80. The van der Waals surface area contributed by atoms with Gasteiger partial charge in [-0.2, -0.15) is 0 Å². The molecular formula is C14H16ClNO2. The Morgan fingerprint density at radius 2 is 1.56 bits per heavy atom. The SMILES string of the molecule is COc1ccc(-c2cc(N)ccc2OC)cc1.Cl. The lowest BCUT2D eigenvalue weighted by Crippen LogP contribution is -1.91. The Balaban J connectivity index is 0.00000162. The topological polar surface area (TPSA) is 44.5 Å². The first-order valence-electron chi connectivity index (χ1n) is 5.32. The number of anilines is 1. The summed E-state index contributed by atoms with van der Waals surface area (Å²) < 4.78 is 10.5. The van der Waals surface area contributed by atoms with Gasteiger partial charge in [-0.3, -0.25) is 0 Å². The average Bonchev–Trinajstić information content (AvgIpc) is 2.39. The second-order valence-electron chi connectivity index (χ2n) is 3.69. The van der Waals surface area contributed by atoms with Crippen LogP contribution in [0.5, 0.6) is 11.5 Å². The fraction of sp³-hybridized carbons (Fsp3) is 0.143. The quantitative estimate of drug-likeness (QED) is 0.866. The molecule has 0 amide bonds. The van der Waals surface area contributed by atoms with Gasteiger partial charge in [-0.1, -0.05) is 12.1 Å². The van der Waals surface area contributed by atoms with E-state index >= 15 is 0 Å². The molecule has 18 heavy (non-hydrogen) atoms. The van der Waals surface area contributed by atoms with Crippen LogP contribution in [-0.2, 0) is 0 Å². The molecule has 2 rings (SSSR count). The third-order valence-electron chi connectivity index (χ3n) is 2.62. The predicted molar refractivity (Wildman–Crippen MR) is 76.6 cm³/mol. The van der Waals surface area contributed by atoms with Crippen LogP contribution in [0.2, 0.25) is 0 Å². The number of methoxy groups -OCH3 is 2. The molecule has 2 aromatic rings. The number of rotatable bonds is 3. The normalized spacial score (nSPS) is 9.44. The molecule has 0 heterocycles. The van der Waals surface area contributed by atoms with Crippen molar-refractivity contribution in [2.45, 2.75) is 0 Å². The summed E-state index contributed by atoms with van der Waals surface area (Å²) >= 11 is 0. The Bertz CT molecular complexity index is 512. The largest absolute Gasteiger partial charge is 0.497 e. The van der Waals surface area contributed by atoms with Gasteiger partial charge in [0, 0.05) is 11.3 Å². The fourth-order valence-electron chi connectivity index (χ4n) is 1.72. The highest BCUT2D eigenvalue weighted by Gasteiger charge is 2.06. The van der Waals surface area contributed by atoms with Crippen molar-refractivity contribution in [3.8, 4) is 22.6 Å². The molecule has 0 saturated carbocycles. The summed E-state index contributed by atoms with van der Waals surface area (Å²) in [6.07, 6.45) is 0. The highest BCUT2D eigenvalue weighted by atomic mass is 35.5. The third-order valence-corrected chi connectivity index (χ3v) is 2.62. The Labute approximate surface area is 113 Å². The van der Waals surface area contributed by atoms with E-state index in [0.29, 0.717) is 0 Å². The number of benzene rings is 2. The van der Waals surface area contributed by atoms with E-state index in [0.717, 1.165) is 28.3 Å². The summed E-state index contributed by atoms with van der Waals surface area (Å²) in [7, 11) is 3.30. The molecule has 0 spiro atoms. The number of nitrogens with two attached hydrogens (primary N) is 1. The first-order chi connectivity index (χ1) is 8.24. The highest BCUT2D eigenvalue weighted by Crippen LogP contribution is 2.32. The molecule has 0 aliphatic heterocycles. The standard InChI is InChI=1S/C14H15NO2.ClH/c1-16-12-6-3-10(4-7-12)13-9-11(15)5-8-14(13)17-2;/h3-9H,15H2,1-2H3;1H. The number of ether oxygens (including phenoxy) is 2. The summed E-state index contributed by atoms with van der Waals surface area (Å²) in [5.41, 5.74) is 8.55. The molecule has 4 heteroatoms. The van der Waals surface area contributed by atoms with E-state index in [-0.39, 0.29) is 12.4 Å². The van der Waals surface area contributed by atoms with Crippen molar-refractivity contribution in [1.29, 1.82) is 0 Å². The van der Waals surface area contributed by atoms with Crippen LogP contribution in [0.25, 0.3) is 11.1 Å².